The minimum atomic E-state index is -4.59. The summed E-state index contributed by atoms with van der Waals surface area (Å²) in [7, 11) is 1.11. The first kappa shape index (κ1) is 37.2. The van der Waals surface area contributed by atoms with Gasteiger partial charge in [-0.1, -0.05) is 56.2 Å². The molecule has 0 aromatic heterocycles. The van der Waals surface area contributed by atoms with Crippen LogP contribution in [0.1, 0.15) is 78.1 Å². The molecule has 1 aliphatic heterocycles. The highest BCUT2D eigenvalue weighted by Gasteiger charge is 2.35. The van der Waals surface area contributed by atoms with Crippen LogP contribution in [0.4, 0.5) is 0 Å². The number of hydrogen-bond donors (Lipinski definition) is 0. The number of likely N-dealkylation sites (N-methyl/N-ethyl adjacent to an activating group) is 1. The zero-order valence-electron chi connectivity index (χ0n) is 25.7. The predicted octanol–water partition coefficient (Wildman–Crippen LogP) is 5.03. The van der Waals surface area contributed by atoms with Crippen LogP contribution in [-0.2, 0) is 37.4 Å². The maximum Gasteiger partial charge on any atom is 0.305 e. The SMILES string of the molecule is CCCCC/C=C\CC1OC1C/C=C\C/C=C\CCCC(=O)OC[C@H](COP(=O)([O-])OCC[N+](C)(C)C)OC(C)=O. The summed E-state index contributed by atoms with van der Waals surface area (Å²) in [6, 6.07) is 0. The van der Waals surface area contributed by atoms with Crippen LogP contribution in [-0.4, -0.2) is 82.2 Å². The topological polar surface area (TPSA) is 124 Å². The highest BCUT2D eigenvalue weighted by Crippen LogP contribution is 2.38. The molecule has 0 N–H and O–H groups in total. The number of rotatable bonds is 24. The van der Waals surface area contributed by atoms with E-state index in [9.17, 15) is 19.0 Å². The summed E-state index contributed by atoms with van der Waals surface area (Å²) in [5.41, 5.74) is 0. The van der Waals surface area contributed by atoms with Gasteiger partial charge >= 0.3 is 11.9 Å². The third-order valence-corrected chi connectivity index (χ3v) is 7.08. The van der Waals surface area contributed by atoms with E-state index in [1.807, 2.05) is 27.2 Å². The van der Waals surface area contributed by atoms with Gasteiger partial charge in [0.25, 0.3) is 7.82 Å². The molecule has 0 saturated carbocycles. The first-order chi connectivity index (χ1) is 19.4. The molecule has 0 radical (unpaired) electrons. The van der Waals surface area contributed by atoms with Gasteiger partial charge in [0.1, 0.15) is 19.8 Å². The quantitative estimate of drug-likeness (QED) is 0.0374. The van der Waals surface area contributed by atoms with Gasteiger partial charge in [-0.2, -0.15) is 0 Å². The van der Waals surface area contributed by atoms with Gasteiger partial charge in [0.05, 0.1) is 40.0 Å². The Morgan fingerprint density at radius 2 is 1.56 bits per heavy atom. The molecule has 0 aliphatic carbocycles. The average molecular weight is 602 g/mol. The number of nitrogens with zero attached hydrogens (tertiary/aromatic N) is 1. The molecule has 41 heavy (non-hydrogen) atoms. The maximum absolute atomic E-state index is 12.1. The molecular weight excluding hydrogens is 549 g/mol. The number of phosphoric acid groups is 1. The number of ether oxygens (including phenoxy) is 3. The normalized spacial score (nSPS) is 19.6. The number of phosphoric ester groups is 1. The van der Waals surface area contributed by atoms with Crippen molar-refractivity contribution in [2.24, 2.45) is 0 Å². The Hall–Kier alpha value is -1.81. The predicted molar refractivity (Wildman–Crippen MR) is 157 cm³/mol. The molecular formula is C30H52NO9P. The van der Waals surface area contributed by atoms with Crippen LogP contribution in [0.2, 0.25) is 0 Å². The van der Waals surface area contributed by atoms with Gasteiger partial charge < -0.3 is 32.6 Å². The first-order valence-electron chi connectivity index (χ1n) is 14.8. The molecule has 1 heterocycles. The van der Waals surface area contributed by atoms with Crippen LogP contribution in [0.15, 0.2) is 36.5 Å². The second-order valence-corrected chi connectivity index (χ2v) is 12.6. The fraction of sp³-hybridized carbons (Fsp3) is 0.733. The van der Waals surface area contributed by atoms with Crippen LogP contribution < -0.4 is 4.89 Å². The van der Waals surface area contributed by atoms with Crippen molar-refractivity contribution in [3.8, 4) is 0 Å². The number of esters is 2. The van der Waals surface area contributed by atoms with Crippen molar-refractivity contribution in [2.45, 2.75) is 96.4 Å². The van der Waals surface area contributed by atoms with E-state index in [0.29, 0.717) is 29.7 Å². The third kappa shape index (κ3) is 22.5. The third-order valence-electron chi connectivity index (χ3n) is 6.12. The summed E-state index contributed by atoms with van der Waals surface area (Å²) >= 11 is 0. The molecule has 1 saturated heterocycles. The van der Waals surface area contributed by atoms with Crippen molar-refractivity contribution in [3.05, 3.63) is 36.5 Å². The summed E-state index contributed by atoms with van der Waals surface area (Å²) in [6.07, 6.45) is 21.8. The zero-order chi connectivity index (χ0) is 30.6. The van der Waals surface area contributed by atoms with Crippen LogP contribution in [0.5, 0.6) is 0 Å². The number of epoxide rings is 1. The zero-order valence-corrected chi connectivity index (χ0v) is 26.6. The van der Waals surface area contributed by atoms with E-state index in [0.717, 1.165) is 32.1 Å². The fourth-order valence-electron chi connectivity index (χ4n) is 3.68. The second-order valence-electron chi connectivity index (χ2n) is 11.2. The van der Waals surface area contributed by atoms with Gasteiger partial charge in [0.15, 0.2) is 6.10 Å². The molecule has 0 amide bonds. The van der Waals surface area contributed by atoms with Gasteiger partial charge in [-0.25, -0.2) is 0 Å². The van der Waals surface area contributed by atoms with Crippen molar-refractivity contribution in [2.75, 3.05) is 47.5 Å². The standard InChI is InChI=1S/C30H52NO9P/c1-6-7-8-9-13-16-19-28-29(40-28)20-17-14-11-10-12-15-18-21-30(33)36-24-27(39-26(2)32)25-38-41(34,35)37-23-22-31(3,4)5/h10,12-14,16-17,27-29H,6-9,11,15,18-25H2,1-5H3/b12-10-,16-13-,17-14-/t27-,28?,29?/m1/s1. The van der Waals surface area contributed by atoms with Gasteiger partial charge in [0, 0.05) is 13.3 Å². The number of allylic oxidation sites excluding steroid dienone is 4. The minimum absolute atomic E-state index is 0.0462. The van der Waals surface area contributed by atoms with Crippen molar-refractivity contribution in [1.29, 1.82) is 0 Å². The number of quaternary nitrogens is 1. The van der Waals surface area contributed by atoms with Gasteiger partial charge in [-0.3, -0.25) is 14.2 Å². The molecule has 236 valence electrons. The Morgan fingerprint density at radius 3 is 2.22 bits per heavy atom. The summed E-state index contributed by atoms with van der Waals surface area (Å²) in [5.74, 6) is -1.11. The fourth-order valence-corrected chi connectivity index (χ4v) is 4.41. The molecule has 11 heteroatoms. The number of hydrogen-bond acceptors (Lipinski definition) is 9. The monoisotopic (exact) mass is 601 g/mol. The minimum Gasteiger partial charge on any atom is -0.756 e. The van der Waals surface area contributed by atoms with Gasteiger partial charge in [-0.15, -0.1) is 0 Å². The number of carbonyl (C=O) groups excluding carboxylic acids is 2. The Balaban J connectivity index is 2.15. The van der Waals surface area contributed by atoms with E-state index in [1.54, 1.807) is 0 Å². The molecule has 0 aromatic rings. The summed E-state index contributed by atoms with van der Waals surface area (Å²) < 4.78 is 38.0. The smallest absolute Gasteiger partial charge is 0.305 e. The molecule has 0 spiro atoms. The van der Waals surface area contributed by atoms with E-state index < -0.39 is 32.5 Å². The Morgan fingerprint density at radius 1 is 0.927 bits per heavy atom. The molecule has 10 nitrogen and oxygen atoms in total. The molecule has 1 rings (SSSR count). The van der Waals surface area contributed by atoms with E-state index in [1.165, 1.54) is 26.2 Å². The van der Waals surface area contributed by atoms with Crippen LogP contribution in [0.25, 0.3) is 0 Å². The van der Waals surface area contributed by atoms with E-state index in [4.69, 9.17) is 23.3 Å². The van der Waals surface area contributed by atoms with E-state index in [-0.39, 0.29) is 19.6 Å². The number of carbonyl (C=O) groups is 2. The van der Waals surface area contributed by atoms with Crippen LogP contribution >= 0.6 is 7.82 Å². The Labute approximate surface area is 246 Å². The molecule has 0 bridgehead atoms. The molecule has 4 atom stereocenters. The van der Waals surface area contributed by atoms with Crippen molar-refractivity contribution >= 4 is 19.8 Å². The van der Waals surface area contributed by atoms with Crippen LogP contribution in [0, 0.1) is 0 Å². The van der Waals surface area contributed by atoms with Gasteiger partial charge in [-0.05, 0) is 44.9 Å². The molecule has 1 aliphatic rings. The highest BCUT2D eigenvalue weighted by atomic mass is 31.2. The summed E-state index contributed by atoms with van der Waals surface area (Å²) in [4.78, 5) is 35.4. The molecule has 0 aromatic carbocycles. The Kier molecular flexibility index (Phi) is 19.0. The Bertz CT molecular complexity index is 882. The summed E-state index contributed by atoms with van der Waals surface area (Å²) in [5, 5.41) is 0. The lowest BCUT2D eigenvalue weighted by molar-refractivity contribution is -0.870. The first-order valence-corrected chi connectivity index (χ1v) is 16.2. The molecule has 3 unspecified atom stereocenters. The maximum atomic E-state index is 12.1. The van der Waals surface area contributed by atoms with Crippen molar-refractivity contribution in [3.63, 3.8) is 0 Å². The van der Waals surface area contributed by atoms with Crippen molar-refractivity contribution in [1.82, 2.24) is 0 Å². The van der Waals surface area contributed by atoms with Crippen LogP contribution in [0.3, 0.4) is 0 Å². The van der Waals surface area contributed by atoms with E-state index in [2.05, 4.69) is 37.3 Å². The summed E-state index contributed by atoms with van der Waals surface area (Å²) in [6.45, 7) is 3.00. The second kappa shape index (κ2) is 21.0. The lowest BCUT2D eigenvalue weighted by Gasteiger charge is -2.28. The largest absolute Gasteiger partial charge is 0.756 e. The van der Waals surface area contributed by atoms with Gasteiger partial charge in [0.2, 0.25) is 0 Å². The average Bonchev–Trinajstić information content (AvgIpc) is 3.63. The lowest BCUT2D eigenvalue weighted by Crippen LogP contribution is -2.37. The lowest BCUT2D eigenvalue weighted by atomic mass is 10.1. The number of unbranched alkanes of at least 4 members (excludes halogenated alkanes) is 4. The van der Waals surface area contributed by atoms with Crippen molar-refractivity contribution < 1.29 is 46.8 Å². The highest BCUT2D eigenvalue weighted by molar-refractivity contribution is 7.45. The molecule has 1 fully saturated rings. The van der Waals surface area contributed by atoms with E-state index >= 15 is 0 Å².